The van der Waals surface area contributed by atoms with Crippen LogP contribution >= 0.6 is 22.6 Å². The van der Waals surface area contributed by atoms with Crippen molar-refractivity contribution in [3.63, 3.8) is 0 Å². The molecule has 3 N–H and O–H groups in total. The van der Waals surface area contributed by atoms with E-state index in [0.29, 0.717) is 9.49 Å². The predicted molar refractivity (Wildman–Crippen MR) is 71.6 cm³/mol. The van der Waals surface area contributed by atoms with E-state index in [2.05, 4.69) is 37.5 Å². The highest BCUT2D eigenvalue weighted by Gasteiger charge is 2.24. The fourth-order valence-corrected chi connectivity index (χ4v) is 2.73. The van der Waals surface area contributed by atoms with Gasteiger partial charge in [-0.2, -0.15) is 0 Å². The van der Waals surface area contributed by atoms with E-state index in [1.54, 1.807) is 0 Å². The van der Waals surface area contributed by atoms with Crippen molar-refractivity contribution in [1.82, 2.24) is 9.97 Å². The number of rotatable bonds is 3. The van der Waals surface area contributed by atoms with Crippen LogP contribution in [-0.2, 0) is 0 Å². The first-order valence-electron chi connectivity index (χ1n) is 5.40. The molecule has 2 rings (SSSR count). The van der Waals surface area contributed by atoms with Crippen molar-refractivity contribution in [2.45, 2.75) is 12.8 Å². The average Bonchev–Trinajstić information content (AvgIpc) is 2.71. The molecule has 0 spiro atoms. The van der Waals surface area contributed by atoms with Crippen LogP contribution in [0, 0.1) is 9.49 Å². The minimum atomic E-state index is -0.0622. The molecule has 1 aliphatic rings. The average molecular weight is 334 g/mol. The van der Waals surface area contributed by atoms with E-state index in [-0.39, 0.29) is 5.56 Å². The minimum absolute atomic E-state index is 0.0622. The molecule has 1 aromatic heterocycles. The highest BCUT2D eigenvalue weighted by atomic mass is 127. The zero-order valence-electron chi connectivity index (χ0n) is 8.95. The fourth-order valence-electron chi connectivity index (χ4n) is 2.09. The third-order valence-corrected chi connectivity index (χ3v) is 3.91. The summed E-state index contributed by atoms with van der Waals surface area (Å²) in [6, 6.07) is 0. The molecule has 1 fully saturated rings. The van der Waals surface area contributed by atoms with Crippen molar-refractivity contribution in [3.05, 3.63) is 20.3 Å². The number of hydrogen-bond acceptors (Lipinski definition) is 4. The summed E-state index contributed by atoms with van der Waals surface area (Å²) in [5, 5.41) is 0. The monoisotopic (exact) mass is 334 g/mol. The van der Waals surface area contributed by atoms with Crippen molar-refractivity contribution in [2.24, 2.45) is 11.7 Å². The maximum absolute atomic E-state index is 11.5. The Labute approximate surface area is 108 Å². The van der Waals surface area contributed by atoms with Gasteiger partial charge in [0.25, 0.3) is 5.56 Å². The van der Waals surface area contributed by atoms with Gasteiger partial charge in [-0.05, 0) is 47.9 Å². The van der Waals surface area contributed by atoms with Crippen LogP contribution in [0.2, 0.25) is 0 Å². The summed E-state index contributed by atoms with van der Waals surface area (Å²) in [5.41, 5.74) is 5.49. The molecule has 5 nitrogen and oxygen atoms in total. The van der Waals surface area contributed by atoms with Crippen LogP contribution in [0.4, 0.5) is 5.82 Å². The summed E-state index contributed by atoms with van der Waals surface area (Å²) in [5.74, 6) is 1.45. The molecule has 88 valence electrons. The Morgan fingerprint density at radius 2 is 2.50 bits per heavy atom. The standard InChI is InChI=1S/C10H15IN4O/c11-8-9(13-6-14-10(8)16)15-4-2-7(5-15)1-3-12/h6-7H,1-5,12H2,(H,13,14,16). The van der Waals surface area contributed by atoms with E-state index < -0.39 is 0 Å². The molecule has 1 unspecified atom stereocenters. The Morgan fingerprint density at radius 1 is 1.69 bits per heavy atom. The summed E-state index contributed by atoms with van der Waals surface area (Å²) in [6.07, 6.45) is 3.66. The lowest BCUT2D eigenvalue weighted by atomic mass is 10.1. The number of nitrogens with two attached hydrogens (primary N) is 1. The van der Waals surface area contributed by atoms with E-state index in [0.717, 1.165) is 38.3 Å². The van der Waals surface area contributed by atoms with E-state index in [1.807, 2.05) is 0 Å². The largest absolute Gasteiger partial charge is 0.355 e. The van der Waals surface area contributed by atoms with Gasteiger partial charge in [0, 0.05) is 13.1 Å². The topological polar surface area (TPSA) is 75.0 Å². The first-order valence-corrected chi connectivity index (χ1v) is 6.48. The molecule has 1 aliphatic heterocycles. The van der Waals surface area contributed by atoms with Gasteiger partial charge in [0.15, 0.2) is 0 Å². The first-order chi connectivity index (χ1) is 7.72. The number of anilines is 1. The second kappa shape index (κ2) is 5.13. The van der Waals surface area contributed by atoms with E-state index in [1.165, 1.54) is 6.33 Å². The van der Waals surface area contributed by atoms with Crippen molar-refractivity contribution >= 4 is 28.4 Å². The second-order valence-corrected chi connectivity index (χ2v) is 5.13. The minimum Gasteiger partial charge on any atom is -0.355 e. The number of halogens is 1. The molecular formula is C10H15IN4O. The summed E-state index contributed by atoms with van der Waals surface area (Å²) < 4.78 is 0.675. The fraction of sp³-hybridized carbons (Fsp3) is 0.600. The lowest BCUT2D eigenvalue weighted by Gasteiger charge is -2.17. The maximum atomic E-state index is 11.5. The van der Waals surface area contributed by atoms with Gasteiger partial charge in [0.2, 0.25) is 0 Å². The van der Waals surface area contributed by atoms with Gasteiger partial charge in [-0.1, -0.05) is 0 Å². The summed E-state index contributed by atoms with van der Waals surface area (Å²) in [4.78, 5) is 20.5. The van der Waals surface area contributed by atoms with Crippen LogP contribution in [0.25, 0.3) is 0 Å². The molecule has 0 saturated carbocycles. The third kappa shape index (κ3) is 2.37. The molecule has 1 saturated heterocycles. The normalized spacial score (nSPS) is 20.4. The highest BCUT2D eigenvalue weighted by Crippen LogP contribution is 2.25. The third-order valence-electron chi connectivity index (χ3n) is 2.94. The van der Waals surface area contributed by atoms with Gasteiger partial charge in [-0.3, -0.25) is 4.79 Å². The smallest absolute Gasteiger partial charge is 0.266 e. The van der Waals surface area contributed by atoms with Crippen molar-refractivity contribution in [3.8, 4) is 0 Å². The van der Waals surface area contributed by atoms with Gasteiger partial charge in [-0.25, -0.2) is 4.98 Å². The summed E-state index contributed by atoms with van der Waals surface area (Å²) in [6.45, 7) is 2.67. The van der Waals surface area contributed by atoms with Crippen LogP contribution in [0.1, 0.15) is 12.8 Å². The van der Waals surface area contributed by atoms with Crippen LogP contribution in [0.15, 0.2) is 11.1 Å². The number of H-pyrrole nitrogens is 1. The summed E-state index contributed by atoms with van der Waals surface area (Å²) in [7, 11) is 0. The van der Waals surface area contributed by atoms with E-state index in [9.17, 15) is 4.79 Å². The maximum Gasteiger partial charge on any atom is 0.266 e. The van der Waals surface area contributed by atoms with Crippen LogP contribution in [0.3, 0.4) is 0 Å². The molecule has 6 heteroatoms. The SMILES string of the molecule is NCCC1CCN(c2nc[nH]c(=O)c2I)C1. The van der Waals surface area contributed by atoms with Gasteiger partial charge in [0.1, 0.15) is 9.39 Å². The Hall–Kier alpha value is -0.630. The van der Waals surface area contributed by atoms with E-state index in [4.69, 9.17) is 5.73 Å². The summed E-state index contributed by atoms with van der Waals surface area (Å²) >= 11 is 2.05. The molecule has 0 aromatic carbocycles. The lowest BCUT2D eigenvalue weighted by Crippen LogP contribution is -2.26. The van der Waals surface area contributed by atoms with E-state index >= 15 is 0 Å². The molecule has 0 amide bonds. The van der Waals surface area contributed by atoms with Crippen LogP contribution in [0.5, 0.6) is 0 Å². The quantitative estimate of drug-likeness (QED) is 0.792. The number of aromatic amines is 1. The lowest BCUT2D eigenvalue weighted by molar-refractivity contribution is 0.546. The van der Waals surface area contributed by atoms with Gasteiger partial charge >= 0.3 is 0 Å². The van der Waals surface area contributed by atoms with Gasteiger partial charge in [-0.15, -0.1) is 0 Å². The van der Waals surface area contributed by atoms with Crippen molar-refractivity contribution < 1.29 is 0 Å². The van der Waals surface area contributed by atoms with Crippen LogP contribution < -0.4 is 16.2 Å². The highest BCUT2D eigenvalue weighted by molar-refractivity contribution is 14.1. The Balaban J connectivity index is 2.14. The molecular weight excluding hydrogens is 319 g/mol. The zero-order chi connectivity index (χ0) is 11.5. The molecule has 1 aromatic rings. The van der Waals surface area contributed by atoms with Crippen molar-refractivity contribution in [1.29, 1.82) is 0 Å². The van der Waals surface area contributed by atoms with Crippen molar-refractivity contribution in [2.75, 3.05) is 24.5 Å². The first kappa shape index (κ1) is 11.8. The molecule has 1 atom stereocenters. The second-order valence-electron chi connectivity index (χ2n) is 4.05. The zero-order valence-corrected chi connectivity index (χ0v) is 11.1. The molecule has 2 heterocycles. The molecule has 0 radical (unpaired) electrons. The molecule has 16 heavy (non-hydrogen) atoms. The molecule has 0 aliphatic carbocycles. The number of hydrogen-bond donors (Lipinski definition) is 2. The van der Waals surface area contributed by atoms with Gasteiger partial charge in [0.05, 0.1) is 6.33 Å². The molecule has 0 bridgehead atoms. The Kier molecular flexibility index (Phi) is 3.80. The number of nitrogens with zero attached hydrogens (tertiary/aromatic N) is 2. The van der Waals surface area contributed by atoms with Gasteiger partial charge < -0.3 is 15.6 Å². The predicted octanol–water partition coefficient (Wildman–Crippen LogP) is 0.550. The number of nitrogens with one attached hydrogen (secondary N) is 1. The van der Waals surface area contributed by atoms with Crippen LogP contribution in [-0.4, -0.2) is 29.6 Å². The number of aromatic nitrogens is 2. The Morgan fingerprint density at radius 3 is 3.25 bits per heavy atom. The Bertz CT molecular complexity index is 420.